The zero-order valence-corrected chi connectivity index (χ0v) is 20.3. The molecule has 0 saturated heterocycles. The fourth-order valence-corrected chi connectivity index (χ4v) is 5.96. The summed E-state index contributed by atoms with van der Waals surface area (Å²) in [5.74, 6) is 0.299. The number of nitrogens with zero attached hydrogens (tertiary/aromatic N) is 1. The van der Waals surface area contributed by atoms with E-state index in [1.807, 2.05) is 12.1 Å². The summed E-state index contributed by atoms with van der Waals surface area (Å²) in [5, 5.41) is 22.0. The summed E-state index contributed by atoms with van der Waals surface area (Å²) in [6.45, 7) is 6.91. The van der Waals surface area contributed by atoms with Gasteiger partial charge in [-0.2, -0.15) is 0 Å². The molecular weight excluding hydrogens is 420 g/mol. The maximum atomic E-state index is 9.87. The number of aromatic amines is 1. The molecule has 0 unspecified atom stereocenters. The Morgan fingerprint density at radius 2 is 1.68 bits per heavy atom. The molecule has 3 heterocycles. The van der Waals surface area contributed by atoms with E-state index < -0.39 is 0 Å². The molecule has 1 aliphatic heterocycles. The van der Waals surface area contributed by atoms with Gasteiger partial charge in [-0.15, -0.1) is 0 Å². The van der Waals surface area contributed by atoms with Gasteiger partial charge in [0.1, 0.15) is 0 Å². The quantitative estimate of drug-likeness (QED) is 0.297. The molecule has 4 nitrogen and oxygen atoms in total. The van der Waals surface area contributed by atoms with E-state index in [1.165, 1.54) is 33.1 Å². The Balaban J connectivity index is 1.68. The number of para-hydroxylation sites is 2. The Bertz CT molecular complexity index is 1400. The first kappa shape index (κ1) is 22.7. The van der Waals surface area contributed by atoms with Crippen molar-refractivity contribution in [3.8, 4) is 0 Å². The number of nitrogens with one attached hydrogen (secondary N) is 1. The highest BCUT2D eigenvalue weighted by molar-refractivity contribution is 5.88. The average Bonchev–Trinajstić information content (AvgIpc) is 3.43. The van der Waals surface area contributed by atoms with Gasteiger partial charge in [-0.25, -0.2) is 0 Å². The molecule has 0 aliphatic carbocycles. The summed E-state index contributed by atoms with van der Waals surface area (Å²) < 4.78 is 2.50. The number of benzene rings is 2. The summed E-state index contributed by atoms with van der Waals surface area (Å²) in [5.41, 5.74) is 8.25. The van der Waals surface area contributed by atoms with Crippen LogP contribution < -0.4 is 0 Å². The number of H-pyrrole nitrogens is 1. The van der Waals surface area contributed by atoms with E-state index in [4.69, 9.17) is 0 Å². The third kappa shape index (κ3) is 3.71. The Morgan fingerprint density at radius 1 is 1.00 bits per heavy atom. The first-order chi connectivity index (χ1) is 16.5. The van der Waals surface area contributed by atoms with Crippen molar-refractivity contribution >= 4 is 27.9 Å². The Morgan fingerprint density at radius 3 is 2.41 bits per heavy atom. The van der Waals surface area contributed by atoms with Gasteiger partial charge in [0, 0.05) is 52.3 Å². The normalized spacial score (nSPS) is 20.0. The average molecular weight is 455 g/mol. The number of rotatable bonds is 7. The molecule has 0 bridgehead atoms. The Labute approximate surface area is 201 Å². The minimum atomic E-state index is -0.215. The lowest BCUT2D eigenvalue weighted by Crippen LogP contribution is -2.23. The lowest BCUT2D eigenvalue weighted by atomic mass is 9.88. The second-order valence-corrected chi connectivity index (χ2v) is 9.97. The zero-order valence-electron chi connectivity index (χ0n) is 20.3. The van der Waals surface area contributed by atoms with Crippen molar-refractivity contribution in [2.75, 3.05) is 13.2 Å². The van der Waals surface area contributed by atoms with Crippen molar-refractivity contribution in [2.24, 2.45) is 0 Å². The van der Waals surface area contributed by atoms with E-state index in [9.17, 15) is 10.2 Å². The van der Waals surface area contributed by atoms with E-state index in [0.29, 0.717) is 18.8 Å². The van der Waals surface area contributed by atoms with Crippen LogP contribution in [-0.2, 0) is 18.4 Å². The van der Waals surface area contributed by atoms with Crippen LogP contribution in [0, 0.1) is 0 Å². The van der Waals surface area contributed by atoms with Crippen LogP contribution in [-0.4, -0.2) is 33.0 Å². The molecule has 176 valence electrons. The topological polar surface area (TPSA) is 61.2 Å². The number of aromatic nitrogens is 2. The Hall–Kier alpha value is -3.08. The van der Waals surface area contributed by atoms with E-state index in [2.05, 4.69) is 84.9 Å². The minimum absolute atomic E-state index is 0.125. The second kappa shape index (κ2) is 8.94. The minimum Gasteiger partial charge on any atom is -0.396 e. The number of hydrogen-bond donors (Lipinski definition) is 3. The number of allylic oxidation sites excluding steroid dienone is 3. The van der Waals surface area contributed by atoms with Gasteiger partial charge in [0.05, 0.1) is 5.54 Å². The molecule has 5 rings (SSSR count). The number of hydrogen-bond acceptors (Lipinski definition) is 2. The van der Waals surface area contributed by atoms with Gasteiger partial charge in [-0.05, 0) is 69.4 Å². The predicted octanol–water partition coefficient (Wildman–Crippen LogP) is 6.07. The third-order valence-corrected chi connectivity index (χ3v) is 7.23. The summed E-state index contributed by atoms with van der Waals surface area (Å²) in [6.07, 6.45) is 9.18. The molecule has 4 heteroatoms. The van der Waals surface area contributed by atoms with Crippen LogP contribution in [0.15, 0.2) is 66.3 Å². The van der Waals surface area contributed by atoms with E-state index >= 15 is 0 Å². The van der Waals surface area contributed by atoms with Crippen LogP contribution in [0.2, 0.25) is 0 Å². The molecule has 2 atom stereocenters. The van der Waals surface area contributed by atoms with Gasteiger partial charge in [0.25, 0.3) is 0 Å². The van der Waals surface area contributed by atoms with Crippen LogP contribution in [0.1, 0.15) is 55.6 Å². The predicted molar refractivity (Wildman–Crippen MR) is 141 cm³/mol. The molecule has 0 spiro atoms. The van der Waals surface area contributed by atoms with Crippen LogP contribution >= 0.6 is 0 Å². The Kier molecular flexibility index (Phi) is 5.97. The van der Waals surface area contributed by atoms with Gasteiger partial charge in [0.15, 0.2) is 0 Å². The smallest absolute Gasteiger partial charge is 0.0616 e. The van der Waals surface area contributed by atoms with Crippen LogP contribution in [0.5, 0.6) is 0 Å². The van der Waals surface area contributed by atoms with E-state index in [0.717, 1.165) is 23.2 Å². The highest BCUT2D eigenvalue weighted by Crippen LogP contribution is 2.49. The molecule has 0 fully saturated rings. The van der Waals surface area contributed by atoms with Crippen molar-refractivity contribution in [1.82, 2.24) is 9.55 Å². The third-order valence-electron chi connectivity index (χ3n) is 7.23. The van der Waals surface area contributed by atoms with Gasteiger partial charge in [-0.3, -0.25) is 0 Å². The fraction of sp³-hybridized carbons (Fsp3) is 0.333. The number of aliphatic hydroxyl groups excluding tert-OH is 2. The highest BCUT2D eigenvalue weighted by Gasteiger charge is 2.40. The monoisotopic (exact) mass is 454 g/mol. The first-order valence-corrected chi connectivity index (χ1v) is 12.2. The summed E-state index contributed by atoms with van der Waals surface area (Å²) in [6, 6.07) is 16.9. The van der Waals surface area contributed by atoms with Crippen molar-refractivity contribution in [2.45, 2.75) is 51.5 Å². The van der Waals surface area contributed by atoms with Gasteiger partial charge in [0.2, 0.25) is 0 Å². The van der Waals surface area contributed by atoms with Crippen molar-refractivity contribution in [3.63, 3.8) is 0 Å². The lowest BCUT2D eigenvalue weighted by Gasteiger charge is -2.25. The second-order valence-electron chi connectivity index (χ2n) is 9.97. The van der Waals surface area contributed by atoms with Crippen LogP contribution in [0.25, 0.3) is 27.9 Å². The van der Waals surface area contributed by atoms with Crippen LogP contribution in [0.3, 0.4) is 0 Å². The summed E-state index contributed by atoms with van der Waals surface area (Å²) in [4.78, 5) is 3.57. The van der Waals surface area contributed by atoms with Gasteiger partial charge < -0.3 is 19.8 Å². The summed E-state index contributed by atoms with van der Waals surface area (Å²) >= 11 is 0. The van der Waals surface area contributed by atoms with Crippen molar-refractivity contribution in [3.05, 3.63) is 88.8 Å². The first-order valence-electron chi connectivity index (χ1n) is 12.2. The standard InChI is InChI=1S/C30H34N2O2/c1-20(2)18-21-19-30(3,32-28-11-7-5-9-24(28)25(14-17-34)29(21)32)15-12-27-23(13-16-33)22-8-4-6-10-26(22)31-27/h4-12,15,18,21,31,33-34H,13-14,16-17,19H2,1-3H3/b15-12+/t21-,30-/m0/s1. The largest absolute Gasteiger partial charge is 0.396 e. The molecule has 3 N–H and O–H groups in total. The lowest BCUT2D eigenvalue weighted by molar-refractivity contribution is 0.299. The number of aliphatic hydroxyl groups is 2. The molecule has 2 aromatic heterocycles. The molecule has 0 radical (unpaired) electrons. The molecule has 2 aromatic carbocycles. The van der Waals surface area contributed by atoms with Gasteiger partial charge >= 0.3 is 0 Å². The maximum Gasteiger partial charge on any atom is 0.0616 e. The number of fused-ring (bicyclic) bond motifs is 4. The molecule has 0 saturated carbocycles. The van der Waals surface area contributed by atoms with Gasteiger partial charge in [-0.1, -0.05) is 54.1 Å². The SMILES string of the molecule is CC(C)=C[C@H]1C[C@](C)(/C=C/c2[nH]c3ccccc3c2CCO)n2c1c(CCO)c1ccccc12. The fourth-order valence-electron chi connectivity index (χ4n) is 5.96. The molecule has 34 heavy (non-hydrogen) atoms. The zero-order chi connectivity index (χ0) is 23.9. The van der Waals surface area contributed by atoms with Crippen molar-refractivity contribution in [1.29, 1.82) is 0 Å². The maximum absolute atomic E-state index is 9.87. The molecule has 0 amide bonds. The highest BCUT2D eigenvalue weighted by atomic mass is 16.3. The molecule has 1 aliphatic rings. The molecular formula is C30H34N2O2. The summed E-state index contributed by atoms with van der Waals surface area (Å²) in [7, 11) is 0. The molecule has 4 aromatic rings. The van der Waals surface area contributed by atoms with Crippen molar-refractivity contribution < 1.29 is 10.2 Å². The van der Waals surface area contributed by atoms with E-state index in [1.54, 1.807) is 0 Å². The van der Waals surface area contributed by atoms with Crippen LogP contribution in [0.4, 0.5) is 0 Å². The van der Waals surface area contributed by atoms with E-state index in [-0.39, 0.29) is 18.8 Å².